The highest BCUT2D eigenvalue weighted by atomic mass is 19.1. The van der Waals surface area contributed by atoms with Crippen molar-refractivity contribution in [2.24, 2.45) is 0 Å². The average molecular weight is 290 g/mol. The van der Waals surface area contributed by atoms with Crippen molar-refractivity contribution in [1.29, 1.82) is 0 Å². The number of nitrogens with one attached hydrogen (secondary N) is 2. The van der Waals surface area contributed by atoms with Crippen LogP contribution in [-0.4, -0.2) is 12.5 Å². The lowest BCUT2D eigenvalue weighted by Crippen LogP contribution is -2.16. The van der Waals surface area contributed by atoms with Gasteiger partial charge in [0, 0.05) is 12.2 Å². The van der Waals surface area contributed by atoms with E-state index in [4.69, 9.17) is 0 Å². The summed E-state index contributed by atoms with van der Waals surface area (Å²) in [5.41, 5.74) is 1.52. The molecule has 2 aromatic carbocycles. The molecular formula is C16H16F2N2O. The number of hydrogen-bond donors (Lipinski definition) is 2. The molecule has 0 bridgehead atoms. The molecule has 2 rings (SSSR count). The molecule has 21 heavy (non-hydrogen) atoms. The summed E-state index contributed by atoms with van der Waals surface area (Å²) in [6.45, 7) is 4.44. The van der Waals surface area contributed by atoms with E-state index in [1.54, 1.807) is 12.1 Å². The number of carbonyl (C=O) groups is 1. The van der Waals surface area contributed by atoms with Gasteiger partial charge in [-0.3, -0.25) is 4.79 Å². The summed E-state index contributed by atoms with van der Waals surface area (Å²) in [6, 6.07) is 8.65. The van der Waals surface area contributed by atoms with Gasteiger partial charge in [-0.25, -0.2) is 8.78 Å². The van der Waals surface area contributed by atoms with Crippen molar-refractivity contribution in [2.45, 2.75) is 13.8 Å². The summed E-state index contributed by atoms with van der Waals surface area (Å²) in [7, 11) is 0. The van der Waals surface area contributed by atoms with Crippen LogP contribution in [-0.2, 0) is 0 Å². The molecule has 0 saturated carbocycles. The highest BCUT2D eigenvalue weighted by molar-refractivity contribution is 6.08. The molecule has 110 valence electrons. The maximum absolute atomic E-state index is 13.6. The number of halogens is 2. The molecule has 0 saturated heterocycles. The third-order valence-corrected chi connectivity index (χ3v) is 2.99. The van der Waals surface area contributed by atoms with Crippen molar-refractivity contribution in [1.82, 2.24) is 0 Å². The number of carbonyl (C=O) groups excluding carboxylic acids is 1. The molecule has 0 fully saturated rings. The van der Waals surface area contributed by atoms with E-state index in [2.05, 4.69) is 10.6 Å². The Bertz CT molecular complexity index is 651. The quantitative estimate of drug-likeness (QED) is 0.895. The van der Waals surface area contributed by atoms with E-state index in [1.807, 2.05) is 19.9 Å². The van der Waals surface area contributed by atoms with Gasteiger partial charge in [-0.1, -0.05) is 12.1 Å². The van der Waals surface area contributed by atoms with E-state index < -0.39 is 23.2 Å². The monoisotopic (exact) mass is 290 g/mol. The van der Waals surface area contributed by atoms with Crippen LogP contribution in [0.4, 0.5) is 20.2 Å². The molecule has 3 nitrogen and oxygen atoms in total. The second-order valence-corrected chi connectivity index (χ2v) is 4.63. The zero-order valence-corrected chi connectivity index (χ0v) is 11.8. The number of hydrogen-bond acceptors (Lipinski definition) is 2. The maximum Gasteiger partial charge on any atom is 0.257 e. The Hall–Kier alpha value is -2.43. The van der Waals surface area contributed by atoms with Crippen LogP contribution < -0.4 is 10.6 Å². The smallest absolute Gasteiger partial charge is 0.257 e. The van der Waals surface area contributed by atoms with E-state index in [0.29, 0.717) is 17.8 Å². The molecule has 0 aromatic heterocycles. The predicted octanol–water partition coefficient (Wildman–Crippen LogP) is 3.96. The summed E-state index contributed by atoms with van der Waals surface area (Å²) in [6.07, 6.45) is 0. The molecular weight excluding hydrogens is 274 g/mol. The van der Waals surface area contributed by atoms with Gasteiger partial charge < -0.3 is 10.6 Å². The first-order valence-corrected chi connectivity index (χ1v) is 6.62. The van der Waals surface area contributed by atoms with Gasteiger partial charge in [-0.15, -0.1) is 0 Å². The number of rotatable bonds is 4. The van der Waals surface area contributed by atoms with E-state index in [9.17, 15) is 13.6 Å². The average Bonchev–Trinajstić information content (AvgIpc) is 2.43. The molecule has 5 heteroatoms. The van der Waals surface area contributed by atoms with Gasteiger partial charge in [0.15, 0.2) is 0 Å². The SMILES string of the molecule is CCNc1cc(C)ccc1C(=O)Nc1c(F)cccc1F. The fourth-order valence-electron chi connectivity index (χ4n) is 1.99. The molecule has 0 aliphatic carbocycles. The fraction of sp³-hybridized carbons (Fsp3) is 0.188. The highest BCUT2D eigenvalue weighted by Crippen LogP contribution is 2.22. The first-order valence-electron chi connectivity index (χ1n) is 6.62. The van der Waals surface area contributed by atoms with Crippen molar-refractivity contribution >= 4 is 17.3 Å². The Labute approximate surface area is 122 Å². The van der Waals surface area contributed by atoms with Crippen LogP contribution in [0, 0.1) is 18.6 Å². The van der Waals surface area contributed by atoms with Crippen LogP contribution in [0.1, 0.15) is 22.8 Å². The van der Waals surface area contributed by atoms with Gasteiger partial charge in [0.25, 0.3) is 5.91 Å². The van der Waals surface area contributed by atoms with Gasteiger partial charge in [0.05, 0.1) is 5.56 Å². The predicted molar refractivity (Wildman–Crippen MR) is 79.7 cm³/mol. The molecule has 0 atom stereocenters. The third-order valence-electron chi connectivity index (χ3n) is 2.99. The van der Waals surface area contributed by atoms with Gasteiger partial charge in [0.2, 0.25) is 0 Å². The lowest BCUT2D eigenvalue weighted by molar-refractivity contribution is 0.102. The van der Waals surface area contributed by atoms with Crippen LogP contribution in [0.3, 0.4) is 0 Å². The van der Waals surface area contributed by atoms with Crippen molar-refractivity contribution in [3.05, 3.63) is 59.2 Å². The van der Waals surface area contributed by atoms with Crippen LogP contribution >= 0.6 is 0 Å². The Kier molecular flexibility index (Phi) is 4.52. The van der Waals surface area contributed by atoms with Crippen molar-refractivity contribution in [3.8, 4) is 0 Å². The molecule has 0 heterocycles. The number of para-hydroxylation sites is 1. The van der Waals surface area contributed by atoms with Crippen LogP contribution in [0.5, 0.6) is 0 Å². The number of benzene rings is 2. The zero-order valence-electron chi connectivity index (χ0n) is 11.8. The minimum atomic E-state index is -0.805. The second kappa shape index (κ2) is 6.35. The lowest BCUT2D eigenvalue weighted by atomic mass is 10.1. The molecule has 2 aromatic rings. The van der Waals surface area contributed by atoms with E-state index in [0.717, 1.165) is 17.7 Å². The van der Waals surface area contributed by atoms with Crippen molar-refractivity contribution in [3.63, 3.8) is 0 Å². The zero-order chi connectivity index (χ0) is 15.4. The summed E-state index contributed by atoms with van der Waals surface area (Å²) >= 11 is 0. The normalized spacial score (nSPS) is 10.3. The maximum atomic E-state index is 13.6. The van der Waals surface area contributed by atoms with Crippen LogP contribution in [0.25, 0.3) is 0 Å². The first-order chi connectivity index (χ1) is 10.0. The molecule has 1 amide bonds. The molecule has 0 spiro atoms. The van der Waals surface area contributed by atoms with Crippen molar-refractivity contribution in [2.75, 3.05) is 17.2 Å². The summed E-state index contributed by atoms with van der Waals surface area (Å²) < 4.78 is 27.1. The minimum absolute atomic E-state index is 0.338. The standard InChI is InChI=1S/C16H16F2N2O/c1-3-19-14-9-10(2)7-8-11(14)16(21)20-15-12(17)5-4-6-13(15)18/h4-9,19H,3H2,1-2H3,(H,20,21). The van der Waals surface area contributed by atoms with Crippen LogP contribution in [0.15, 0.2) is 36.4 Å². The Balaban J connectivity index is 2.32. The van der Waals surface area contributed by atoms with Gasteiger partial charge in [-0.05, 0) is 43.7 Å². The Morgan fingerprint density at radius 3 is 2.43 bits per heavy atom. The summed E-state index contributed by atoms with van der Waals surface area (Å²) in [5.74, 6) is -2.17. The summed E-state index contributed by atoms with van der Waals surface area (Å²) in [5, 5.41) is 5.35. The van der Waals surface area contributed by atoms with Gasteiger partial charge >= 0.3 is 0 Å². The molecule has 0 aliphatic heterocycles. The van der Waals surface area contributed by atoms with Crippen molar-refractivity contribution < 1.29 is 13.6 Å². The fourth-order valence-corrected chi connectivity index (χ4v) is 1.99. The molecule has 0 aliphatic rings. The van der Waals surface area contributed by atoms with Gasteiger partial charge in [-0.2, -0.15) is 0 Å². The molecule has 0 radical (unpaired) electrons. The summed E-state index contributed by atoms with van der Waals surface area (Å²) in [4.78, 5) is 12.2. The van der Waals surface area contributed by atoms with E-state index >= 15 is 0 Å². The van der Waals surface area contributed by atoms with Crippen LogP contribution in [0.2, 0.25) is 0 Å². The largest absolute Gasteiger partial charge is 0.385 e. The third kappa shape index (κ3) is 3.37. The number of amides is 1. The lowest BCUT2D eigenvalue weighted by Gasteiger charge is -2.13. The van der Waals surface area contributed by atoms with E-state index in [-0.39, 0.29) is 0 Å². The van der Waals surface area contributed by atoms with E-state index in [1.165, 1.54) is 6.07 Å². The molecule has 2 N–H and O–H groups in total. The first kappa shape index (κ1) is 15.0. The highest BCUT2D eigenvalue weighted by Gasteiger charge is 2.16. The Morgan fingerprint density at radius 2 is 1.81 bits per heavy atom. The number of anilines is 2. The van der Waals surface area contributed by atoms with Gasteiger partial charge in [0.1, 0.15) is 17.3 Å². The minimum Gasteiger partial charge on any atom is -0.385 e. The Morgan fingerprint density at radius 1 is 1.14 bits per heavy atom. The topological polar surface area (TPSA) is 41.1 Å². The second-order valence-electron chi connectivity index (χ2n) is 4.63. The number of aryl methyl sites for hydroxylation is 1. The molecule has 0 unspecified atom stereocenters.